The average molecular weight is 231 g/mol. The van der Waals surface area contributed by atoms with E-state index in [9.17, 15) is 0 Å². The van der Waals surface area contributed by atoms with Gasteiger partial charge in [0, 0.05) is 5.33 Å². The van der Waals surface area contributed by atoms with Crippen molar-refractivity contribution in [3.63, 3.8) is 0 Å². The Hall–Kier alpha value is 0.220. The molecule has 0 N–H and O–H groups in total. The molecule has 0 fully saturated rings. The van der Waals surface area contributed by atoms with E-state index >= 15 is 0 Å². The van der Waals surface area contributed by atoms with Crippen LogP contribution in [0.5, 0.6) is 0 Å². The lowest BCUT2D eigenvalue weighted by atomic mass is 9.82. The molecule has 0 bridgehead atoms. The topological polar surface area (TPSA) is 0 Å². The van der Waals surface area contributed by atoms with E-state index in [2.05, 4.69) is 35.0 Å². The standard InChI is InChI=1S/C11H19Br/c1-2-3-4-7-11(10-12)8-5-6-9-11/h5-6H,2-4,7-10H2,1H3. The third-order valence-electron chi connectivity index (χ3n) is 2.86. The second-order valence-corrected chi connectivity index (χ2v) is 4.53. The fourth-order valence-corrected chi connectivity index (χ4v) is 2.62. The summed E-state index contributed by atoms with van der Waals surface area (Å²) in [6.07, 6.45) is 12.8. The van der Waals surface area contributed by atoms with Gasteiger partial charge in [-0.3, -0.25) is 0 Å². The van der Waals surface area contributed by atoms with Crippen molar-refractivity contribution in [1.29, 1.82) is 0 Å². The van der Waals surface area contributed by atoms with Crippen LogP contribution >= 0.6 is 15.9 Å². The highest BCUT2D eigenvalue weighted by Gasteiger charge is 2.28. The highest BCUT2D eigenvalue weighted by Crippen LogP contribution is 2.39. The number of halogens is 1. The molecule has 0 saturated carbocycles. The molecule has 70 valence electrons. The summed E-state index contributed by atoms with van der Waals surface area (Å²) in [7, 11) is 0. The summed E-state index contributed by atoms with van der Waals surface area (Å²) in [6.45, 7) is 2.27. The zero-order valence-electron chi connectivity index (χ0n) is 7.98. The van der Waals surface area contributed by atoms with Crippen molar-refractivity contribution >= 4 is 15.9 Å². The van der Waals surface area contributed by atoms with Crippen molar-refractivity contribution in [3.05, 3.63) is 12.2 Å². The Morgan fingerprint density at radius 2 is 1.92 bits per heavy atom. The molecule has 0 nitrogen and oxygen atoms in total. The van der Waals surface area contributed by atoms with Crippen LogP contribution in [0.15, 0.2) is 12.2 Å². The first-order valence-corrected chi connectivity index (χ1v) is 6.16. The van der Waals surface area contributed by atoms with E-state index in [4.69, 9.17) is 0 Å². The second-order valence-electron chi connectivity index (χ2n) is 3.97. The minimum atomic E-state index is 0.592. The molecule has 0 spiro atoms. The lowest BCUT2D eigenvalue weighted by Crippen LogP contribution is -2.18. The van der Waals surface area contributed by atoms with Crippen molar-refractivity contribution in [2.75, 3.05) is 5.33 Å². The minimum Gasteiger partial charge on any atom is -0.0922 e. The summed E-state index contributed by atoms with van der Waals surface area (Å²) in [4.78, 5) is 0. The van der Waals surface area contributed by atoms with Crippen molar-refractivity contribution < 1.29 is 0 Å². The van der Waals surface area contributed by atoms with E-state index in [1.165, 1.54) is 43.9 Å². The molecule has 12 heavy (non-hydrogen) atoms. The Morgan fingerprint density at radius 1 is 1.25 bits per heavy atom. The third kappa shape index (κ3) is 2.62. The highest BCUT2D eigenvalue weighted by molar-refractivity contribution is 9.09. The number of hydrogen-bond acceptors (Lipinski definition) is 0. The maximum absolute atomic E-state index is 3.65. The zero-order chi connectivity index (χ0) is 8.86. The average Bonchev–Trinajstić information content (AvgIpc) is 2.55. The van der Waals surface area contributed by atoms with Crippen LogP contribution in [-0.2, 0) is 0 Å². The smallest absolute Gasteiger partial charge is 0.00939 e. The molecule has 1 heteroatoms. The van der Waals surface area contributed by atoms with E-state index in [1.54, 1.807) is 0 Å². The van der Waals surface area contributed by atoms with Gasteiger partial charge >= 0.3 is 0 Å². The van der Waals surface area contributed by atoms with Crippen LogP contribution in [0, 0.1) is 5.41 Å². The Kier molecular flexibility index (Phi) is 4.34. The maximum Gasteiger partial charge on any atom is 0.00939 e. The molecule has 0 amide bonds. The van der Waals surface area contributed by atoms with E-state index in [-0.39, 0.29) is 0 Å². The second kappa shape index (κ2) is 5.06. The predicted molar refractivity (Wildman–Crippen MR) is 58.7 cm³/mol. The van der Waals surface area contributed by atoms with Crippen LogP contribution in [0.3, 0.4) is 0 Å². The fourth-order valence-electron chi connectivity index (χ4n) is 1.88. The van der Waals surface area contributed by atoms with Gasteiger partial charge in [-0.05, 0) is 24.7 Å². The molecule has 0 unspecified atom stereocenters. The van der Waals surface area contributed by atoms with Crippen molar-refractivity contribution in [3.8, 4) is 0 Å². The molecule has 0 atom stereocenters. The highest BCUT2D eigenvalue weighted by atomic mass is 79.9. The summed E-state index contributed by atoms with van der Waals surface area (Å²) in [5.41, 5.74) is 0.592. The molecule has 0 heterocycles. The number of unbranched alkanes of at least 4 members (excludes halogenated alkanes) is 2. The Bertz CT molecular complexity index is 141. The molecule has 1 aliphatic rings. The SMILES string of the molecule is CCCCCC1(CBr)CC=CC1. The van der Waals surface area contributed by atoms with Gasteiger partial charge in [0.1, 0.15) is 0 Å². The normalized spacial score (nSPS) is 20.2. The van der Waals surface area contributed by atoms with Crippen molar-refractivity contribution in [2.45, 2.75) is 45.4 Å². The van der Waals surface area contributed by atoms with Gasteiger partial charge in [0.2, 0.25) is 0 Å². The number of hydrogen-bond donors (Lipinski definition) is 0. The third-order valence-corrected chi connectivity index (χ3v) is 4.05. The quantitative estimate of drug-likeness (QED) is 0.376. The fraction of sp³-hybridized carbons (Fsp3) is 0.818. The first-order chi connectivity index (χ1) is 5.83. The molecule has 0 aromatic carbocycles. The van der Waals surface area contributed by atoms with Crippen LogP contribution < -0.4 is 0 Å². The zero-order valence-corrected chi connectivity index (χ0v) is 9.57. The van der Waals surface area contributed by atoms with Gasteiger partial charge in [0.05, 0.1) is 0 Å². The van der Waals surface area contributed by atoms with E-state index in [1.807, 2.05) is 0 Å². The molecule has 1 rings (SSSR count). The number of rotatable bonds is 5. The molecule has 1 aliphatic carbocycles. The number of allylic oxidation sites excluding steroid dienone is 2. The van der Waals surface area contributed by atoms with Gasteiger partial charge in [-0.25, -0.2) is 0 Å². The van der Waals surface area contributed by atoms with Crippen molar-refractivity contribution in [1.82, 2.24) is 0 Å². The van der Waals surface area contributed by atoms with E-state index in [0.717, 1.165) is 0 Å². The summed E-state index contributed by atoms with van der Waals surface area (Å²) >= 11 is 3.65. The summed E-state index contributed by atoms with van der Waals surface area (Å²) < 4.78 is 0. The minimum absolute atomic E-state index is 0.592. The van der Waals surface area contributed by atoms with Crippen LogP contribution in [0.25, 0.3) is 0 Å². The lowest BCUT2D eigenvalue weighted by Gasteiger charge is -2.26. The van der Waals surface area contributed by atoms with Gasteiger partial charge in [0.15, 0.2) is 0 Å². The van der Waals surface area contributed by atoms with Gasteiger partial charge in [-0.2, -0.15) is 0 Å². The van der Waals surface area contributed by atoms with Crippen LogP contribution in [0.2, 0.25) is 0 Å². The van der Waals surface area contributed by atoms with Gasteiger partial charge in [0.25, 0.3) is 0 Å². The lowest BCUT2D eigenvalue weighted by molar-refractivity contribution is 0.319. The van der Waals surface area contributed by atoms with E-state index in [0.29, 0.717) is 5.41 Å². The predicted octanol–water partition coefficient (Wildman–Crippen LogP) is 4.30. The largest absolute Gasteiger partial charge is 0.0922 e. The molecular formula is C11H19Br. The monoisotopic (exact) mass is 230 g/mol. The molecule has 0 saturated heterocycles. The van der Waals surface area contributed by atoms with Crippen molar-refractivity contribution in [2.24, 2.45) is 5.41 Å². The van der Waals surface area contributed by atoms with Gasteiger partial charge < -0.3 is 0 Å². The van der Waals surface area contributed by atoms with Crippen LogP contribution in [0.1, 0.15) is 45.4 Å². The number of alkyl halides is 1. The van der Waals surface area contributed by atoms with Crippen LogP contribution in [-0.4, -0.2) is 5.33 Å². The summed E-state index contributed by atoms with van der Waals surface area (Å²) in [5, 5.41) is 1.18. The summed E-state index contributed by atoms with van der Waals surface area (Å²) in [5.74, 6) is 0. The summed E-state index contributed by atoms with van der Waals surface area (Å²) in [6, 6.07) is 0. The molecule has 0 aliphatic heterocycles. The Morgan fingerprint density at radius 3 is 2.42 bits per heavy atom. The Labute approximate surface area is 84.6 Å². The first kappa shape index (κ1) is 10.3. The van der Waals surface area contributed by atoms with Gasteiger partial charge in [-0.1, -0.05) is 54.3 Å². The van der Waals surface area contributed by atoms with Crippen LogP contribution in [0.4, 0.5) is 0 Å². The molecule has 0 aromatic rings. The maximum atomic E-state index is 3.65. The first-order valence-electron chi connectivity index (χ1n) is 5.04. The molecular weight excluding hydrogens is 212 g/mol. The van der Waals surface area contributed by atoms with E-state index < -0.39 is 0 Å². The van der Waals surface area contributed by atoms with Gasteiger partial charge in [-0.15, -0.1) is 0 Å². The Balaban J connectivity index is 2.25. The molecule has 0 aromatic heterocycles. The molecule has 0 radical (unpaired) electrons.